The lowest BCUT2D eigenvalue weighted by molar-refractivity contribution is 0.0615. The third-order valence-electron chi connectivity index (χ3n) is 2.38. The number of aryl methyl sites for hydroxylation is 1. The molecule has 1 aromatic rings. The van der Waals surface area contributed by atoms with Gasteiger partial charge in [0, 0.05) is 26.1 Å². The molecular weight excluding hydrogens is 234 g/mol. The molecule has 1 heterocycles. The molecule has 5 N–H and O–H groups in total. The molecule has 0 fully saturated rings. The normalized spacial score (nSPS) is 12.2. The van der Waals surface area contributed by atoms with E-state index in [4.69, 9.17) is 10.6 Å². The fourth-order valence-electron chi connectivity index (χ4n) is 1.46. The molecule has 1 rings (SSSR count). The molecule has 7 nitrogen and oxygen atoms in total. The number of anilines is 2. The van der Waals surface area contributed by atoms with Gasteiger partial charge in [-0.05, 0) is 6.42 Å². The molecule has 0 radical (unpaired) electrons. The Hall–Kier alpha value is -1.44. The second-order valence-electron chi connectivity index (χ2n) is 3.88. The van der Waals surface area contributed by atoms with Gasteiger partial charge in [0.25, 0.3) is 0 Å². The van der Waals surface area contributed by atoms with Crippen molar-refractivity contribution in [3.8, 4) is 0 Å². The zero-order valence-electron chi connectivity index (χ0n) is 10.8. The number of nitrogens with one attached hydrogen (secondary N) is 2. The Morgan fingerprint density at radius 3 is 2.78 bits per heavy atom. The van der Waals surface area contributed by atoms with Crippen molar-refractivity contribution in [2.75, 3.05) is 31.0 Å². The van der Waals surface area contributed by atoms with Gasteiger partial charge in [-0.3, -0.25) is 0 Å². The second kappa shape index (κ2) is 7.80. The SMILES string of the molecule is CCc1nc(NN)cc(NCCC(O)COC)n1. The van der Waals surface area contributed by atoms with Crippen LogP contribution in [-0.2, 0) is 11.2 Å². The van der Waals surface area contributed by atoms with Crippen molar-refractivity contribution in [3.63, 3.8) is 0 Å². The minimum atomic E-state index is -0.470. The molecule has 0 amide bonds. The van der Waals surface area contributed by atoms with Crippen molar-refractivity contribution >= 4 is 11.6 Å². The molecule has 0 aromatic carbocycles. The topological polar surface area (TPSA) is 105 Å². The van der Waals surface area contributed by atoms with Crippen LogP contribution in [0.25, 0.3) is 0 Å². The van der Waals surface area contributed by atoms with E-state index in [9.17, 15) is 5.11 Å². The number of nitrogens with zero attached hydrogens (tertiary/aromatic N) is 2. The first-order chi connectivity index (χ1) is 8.69. The number of hydrazine groups is 1. The van der Waals surface area contributed by atoms with Gasteiger partial charge in [0.1, 0.15) is 17.5 Å². The maximum absolute atomic E-state index is 9.50. The largest absolute Gasteiger partial charge is 0.391 e. The van der Waals surface area contributed by atoms with Gasteiger partial charge >= 0.3 is 0 Å². The summed E-state index contributed by atoms with van der Waals surface area (Å²) in [4.78, 5) is 8.50. The maximum Gasteiger partial charge on any atom is 0.145 e. The number of aliphatic hydroxyl groups is 1. The summed E-state index contributed by atoms with van der Waals surface area (Å²) in [5, 5.41) is 12.6. The van der Waals surface area contributed by atoms with Gasteiger partial charge < -0.3 is 20.6 Å². The number of hydrogen-bond acceptors (Lipinski definition) is 7. The first-order valence-electron chi connectivity index (χ1n) is 5.95. The van der Waals surface area contributed by atoms with E-state index in [1.165, 1.54) is 0 Å². The fourth-order valence-corrected chi connectivity index (χ4v) is 1.46. The van der Waals surface area contributed by atoms with Gasteiger partial charge in [0.05, 0.1) is 12.7 Å². The number of nitrogen functional groups attached to an aromatic ring is 1. The van der Waals surface area contributed by atoms with Gasteiger partial charge in [-0.15, -0.1) is 0 Å². The zero-order valence-corrected chi connectivity index (χ0v) is 10.8. The van der Waals surface area contributed by atoms with E-state index in [0.29, 0.717) is 37.0 Å². The number of hydrogen-bond donors (Lipinski definition) is 4. The number of aliphatic hydroxyl groups excluding tert-OH is 1. The molecule has 1 aromatic heterocycles. The standard InChI is InChI=1S/C11H21N5O2/c1-3-9-14-10(6-11(15-9)16-12)13-5-4-8(17)7-18-2/h6,8,17H,3-5,7,12H2,1-2H3,(H2,13,14,15,16). The van der Waals surface area contributed by atoms with E-state index in [2.05, 4.69) is 20.7 Å². The van der Waals surface area contributed by atoms with Crippen LogP contribution in [0.5, 0.6) is 0 Å². The molecule has 7 heteroatoms. The van der Waals surface area contributed by atoms with Crippen molar-refractivity contribution in [2.24, 2.45) is 5.84 Å². The molecule has 0 spiro atoms. The minimum Gasteiger partial charge on any atom is -0.391 e. The van der Waals surface area contributed by atoms with E-state index in [1.807, 2.05) is 6.92 Å². The first-order valence-corrected chi connectivity index (χ1v) is 5.95. The summed E-state index contributed by atoms with van der Waals surface area (Å²) in [6, 6.07) is 1.72. The van der Waals surface area contributed by atoms with Crippen LogP contribution >= 0.6 is 0 Å². The van der Waals surface area contributed by atoms with Crippen LogP contribution in [0.3, 0.4) is 0 Å². The van der Waals surface area contributed by atoms with Crippen molar-refractivity contribution in [2.45, 2.75) is 25.9 Å². The second-order valence-corrected chi connectivity index (χ2v) is 3.88. The highest BCUT2D eigenvalue weighted by molar-refractivity contribution is 5.46. The summed E-state index contributed by atoms with van der Waals surface area (Å²) in [6.45, 7) is 2.91. The van der Waals surface area contributed by atoms with Crippen molar-refractivity contribution < 1.29 is 9.84 Å². The Labute approximate surface area is 107 Å². The Kier molecular flexibility index (Phi) is 6.34. The molecule has 1 unspecified atom stereocenters. The van der Waals surface area contributed by atoms with Crippen molar-refractivity contribution in [1.29, 1.82) is 0 Å². The summed E-state index contributed by atoms with van der Waals surface area (Å²) >= 11 is 0. The monoisotopic (exact) mass is 255 g/mol. The highest BCUT2D eigenvalue weighted by Crippen LogP contribution is 2.10. The smallest absolute Gasteiger partial charge is 0.145 e. The number of nitrogens with two attached hydrogens (primary N) is 1. The van der Waals surface area contributed by atoms with Gasteiger partial charge in [-0.2, -0.15) is 0 Å². The van der Waals surface area contributed by atoms with Crippen LogP contribution in [0, 0.1) is 0 Å². The van der Waals surface area contributed by atoms with Gasteiger partial charge in [0.15, 0.2) is 0 Å². The lowest BCUT2D eigenvalue weighted by Gasteiger charge is -2.11. The van der Waals surface area contributed by atoms with Crippen LogP contribution in [0.2, 0.25) is 0 Å². The summed E-state index contributed by atoms with van der Waals surface area (Å²) in [5.74, 6) is 7.31. The zero-order chi connectivity index (χ0) is 13.4. The molecule has 18 heavy (non-hydrogen) atoms. The van der Waals surface area contributed by atoms with Gasteiger partial charge in [0.2, 0.25) is 0 Å². The van der Waals surface area contributed by atoms with Crippen LogP contribution in [0.15, 0.2) is 6.07 Å². The van der Waals surface area contributed by atoms with E-state index in [1.54, 1.807) is 13.2 Å². The predicted molar refractivity (Wildman–Crippen MR) is 70.2 cm³/mol. The van der Waals surface area contributed by atoms with E-state index >= 15 is 0 Å². The van der Waals surface area contributed by atoms with E-state index < -0.39 is 6.10 Å². The Bertz CT molecular complexity index is 339. The fraction of sp³-hybridized carbons (Fsp3) is 0.636. The summed E-state index contributed by atoms with van der Waals surface area (Å²) in [6.07, 6.45) is 0.850. The lowest BCUT2D eigenvalue weighted by atomic mass is 10.2. The van der Waals surface area contributed by atoms with Crippen LogP contribution in [0.1, 0.15) is 19.2 Å². The van der Waals surface area contributed by atoms with Crippen LogP contribution in [-0.4, -0.2) is 41.4 Å². The Morgan fingerprint density at radius 1 is 1.44 bits per heavy atom. The lowest BCUT2D eigenvalue weighted by Crippen LogP contribution is -2.19. The molecule has 0 saturated heterocycles. The summed E-state index contributed by atoms with van der Waals surface area (Å²) in [5.41, 5.74) is 2.50. The maximum atomic E-state index is 9.50. The van der Waals surface area contributed by atoms with Crippen LogP contribution < -0.4 is 16.6 Å². The molecule has 102 valence electrons. The highest BCUT2D eigenvalue weighted by atomic mass is 16.5. The number of methoxy groups -OCH3 is 1. The Morgan fingerprint density at radius 2 is 2.17 bits per heavy atom. The van der Waals surface area contributed by atoms with Crippen molar-refractivity contribution in [1.82, 2.24) is 9.97 Å². The summed E-state index contributed by atoms with van der Waals surface area (Å²) < 4.78 is 4.85. The molecule has 0 saturated carbocycles. The van der Waals surface area contributed by atoms with Crippen LogP contribution in [0.4, 0.5) is 11.6 Å². The Balaban J connectivity index is 2.50. The molecular formula is C11H21N5O2. The third kappa shape index (κ3) is 4.82. The number of rotatable bonds is 8. The van der Waals surface area contributed by atoms with E-state index in [-0.39, 0.29) is 0 Å². The number of aromatic nitrogens is 2. The molecule has 0 aliphatic rings. The molecule has 0 bridgehead atoms. The first kappa shape index (κ1) is 14.6. The highest BCUT2D eigenvalue weighted by Gasteiger charge is 2.05. The molecule has 1 atom stereocenters. The van der Waals surface area contributed by atoms with Gasteiger partial charge in [-0.25, -0.2) is 15.8 Å². The van der Waals surface area contributed by atoms with E-state index in [0.717, 1.165) is 6.42 Å². The van der Waals surface area contributed by atoms with Crippen molar-refractivity contribution in [3.05, 3.63) is 11.9 Å². The molecule has 0 aliphatic carbocycles. The predicted octanol–water partition coefficient (Wildman–Crippen LogP) is 0.134. The van der Waals surface area contributed by atoms with Gasteiger partial charge in [-0.1, -0.05) is 6.92 Å². The minimum absolute atomic E-state index is 0.335. The third-order valence-corrected chi connectivity index (χ3v) is 2.38. The summed E-state index contributed by atoms with van der Waals surface area (Å²) in [7, 11) is 1.56. The number of ether oxygens (including phenoxy) is 1. The average Bonchev–Trinajstić information content (AvgIpc) is 2.38. The average molecular weight is 255 g/mol. The molecule has 0 aliphatic heterocycles. The quantitative estimate of drug-likeness (QED) is 0.386.